The highest BCUT2D eigenvalue weighted by molar-refractivity contribution is 6.33. The Kier molecular flexibility index (Phi) is 4.79. The third kappa shape index (κ3) is 2.94. The van der Waals surface area contributed by atoms with Crippen LogP contribution in [0, 0.1) is 0 Å². The lowest BCUT2D eigenvalue weighted by Gasteiger charge is -2.24. The molecule has 2 heterocycles. The van der Waals surface area contributed by atoms with Crippen molar-refractivity contribution < 1.29 is 19.7 Å². The first-order chi connectivity index (χ1) is 13.4. The van der Waals surface area contributed by atoms with Crippen molar-refractivity contribution in [3.8, 4) is 22.8 Å². The summed E-state index contributed by atoms with van der Waals surface area (Å²) in [6.45, 7) is 0.629. The zero-order valence-electron chi connectivity index (χ0n) is 15.2. The maximum absolute atomic E-state index is 12.8. The number of fused-ring (bicyclic) bond motifs is 1. The third-order valence-corrected chi connectivity index (χ3v) is 5.85. The van der Waals surface area contributed by atoms with Gasteiger partial charge in [-0.15, -0.1) is 0 Å². The van der Waals surface area contributed by atoms with Crippen molar-refractivity contribution in [1.29, 1.82) is 0 Å². The molecule has 6 nitrogen and oxygen atoms in total. The number of halogens is 1. The normalized spacial score (nSPS) is 20.1. The molecule has 1 aliphatic heterocycles. The summed E-state index contributed by atoms with van der Waals surface area (Å²) in [4.78, 5) is 14.8. The lowest BCUT2D eigenvalue weighted by Crippen LogP contribution is -2.32. The summed E-state index contributed by atoms with van der Waals surface area (Å²) in [5.74, 6) is -0.505. The summed E-state index contributed by atoms with van der Waals surface area (Å²) in [5, 5.41) is 31.2. The molecule has 0 bridgehead atoms. The topological polar surface area (TPSA) is 94.1 Å². The predicted octanol–water partition coefficient (Wildman–Crippen LogP) is 3.30. The Hall–Kier alpha value is -2.54. The fourth-order valence-corrected chi connectivity index (χ4v) is 4.31. The fourth-order valence-electron chi connectivity index (χ4n) is 4.09. The molecule has 0 saturated carbocycles. The number of aromatic hydroxyl groups is 2. The number of likely N-dealkylation sites (N-methyl/N-ethyl adjacent to an activating group) is 1. The van der Waals surface area contributed by atoms with Gasteiger partial charge in [0.2, 0.25) is 0 Å². The Labute approximate surface area is 166 Å². The van der Waals surface area contributed by atoms with E-state index in [1.54, 1.807) is 24.3 Å². The van der Waals surface area contributed by atoms with E-state index in [1.165, 1.54) is 6.07 Å². The Morgan fingerprint density at radius 2 is 1.96 bits per heavy atom. The summed E-state index contributed by atoms with van der Waals surface area (Å²) in [6.07, 6.45) is 0.676. The molecule has 1 aliphatic rings. The maximum Gasteiger partial charge on any atom is 0.197 e. The number of likely N-dealkylation sites (tertiary alicyclic amines) is 1. The number of phenols is 2. The molecule has 7 heteroatoms. The molecule has 4 rings (SSSR count). The van der Waals surface area contributed by atoms with Crippen LogP contribution in [0.3, 0.4) is 0 Å². The van der Waals surface area contributed by atoms with Gasteiger partial charge >= 0.3 is 0 Å². The van der Waals surface area contributed by atoms with Crippen LogP contribution in [0.25, 0.3) is 22.3 Å². The lowest BCUT2D eigenvalue weighted by atomic mass is 9.89. The lowest BCUT2D eigenvalue weighted by molar-refractivity contribution is 0.172. The van der Waals surface area contributed by atoms with Gasteiger partial charge in [0.25, 0.3) is 0 Å². The van der Waals surface area contributed by atoms with E-state index in [1.807, 2.05) is 11.9 Å². The number of benzene rings is 2. The van der Waals surface area contributed by atoms with Crippen LogP contribution in [-0.4, -0.2) is 46.5 Å². The van der Waals surface area contributed by atoms with Crippen LogP contribution in [-0.2, 0) is 0 Å². The van der Waals surface area contributed by atoms with Crippen LogP contribution < -0.4 is 5.43 Å². The minimum absolute atomic E-state index is 0.00912. The first kappa shape index (κ1) is 18.8. The summed E-state index contributed by atoms with van der Waals surface area (Å²) >= 11 is 6.26. The molecule has 3 N–H and O–H groups in total. The maximum atomic E-state index is 12.8. The van der Waals surface area contributed by atoms with E-state index in [9.17, 15) is 20.1 Å². The highest BCUT2D eigenvalue weighted by Crippen LogP contribution is 2.44. The standard InChI is InChI=1S/C21H20ClNO5/c1-23-7-6-12(14(23)10-24)19-15(25)8-16(26)20-17(27)9-18(28-21(19)20)11-4-2-3-5-13(11)22/h2-5,8-9,12,14,24-26H,6-7,10H2,1H3/t12-,14-/m1/s1. The summed E-state index contributed by atoms with van der Waals surface area (Å²) in [5.41, 5.74) is 0.655. The number of phenolic OH excluding ortho intramolecular Hbond substituents is 2. The van der Waals surface area contributed by atoms with Crippen LogP contribution >= 0.6 is 11.6 Å². The molecule has 28 heavy (non-hydrogen) atoms. The zero-order chi connectivity index (χ0) is 20.0. The molecule has 3 aromatic rings. The molecule has 146 valence electrons. The molecule has 0 unspecified atom stereocenters. The van der Waals surface area contributed by atoms with E-state index < -0.39 is 5.43 Å². The first-order valence-electron chi connectivity index (χ1n) is 9.01. The molecule has 0 amide bonds. The molecular formula is C21H20ClNO5. The van der Waals surface area contributed by atoms with Crippen LogP contribution in [0.5, 0.6) is 11.5 Å². The second kappa shape index (κ2) is 7.13. The Morgan fingerprint density at radius 1 is 1.21 bits per heavy atom. The minimum Gasteiger partial charge on any atom is -0.507 e. The molecule has 0 spiro atoms. The number of aliphatic hydroxyl groups is 1. The largest absolute Gasteiger partial charge is 0.507 e. The van der Waals surface area contributed by atoms with Gasteiger partial charge in [0, 0.05) is 35.2 Å². The highest BCUT2D eigenvalue weighted by Gasteiger charge is 2.36. The molecule has 0 aliphatic carbocycles. The third-order valence-electron chi connectivity index (χ3n) is 5.52. The Balaban J connectivity index is 2.03. The molecule has 2 atom stereocenters. The quantitative estimate of drug-likeness (QED) is 0.623. The van der Waals surface area contributed by atoms with Gasteiger partial charge < -0.3 is 24.6 Å². The summed E-state index contributed by atoms with van der Waals surface area (Å²) in [7, 11) is 1.89. The average molecular weight is 402 g/mol. The number of aliphatic hydroxyl groups excluding tert-OH is 1. The van der Waals surface area contributed by atoms with Crippen molar-refractivity contribution in [2.75, 3.05) is 20.2 Å². The van der Waals surface area contributed by atoms with Crippen molar-refractivity contribution in [1.82, 2.24) is 4.90 Å². The monoisotopic (exact) mass is 401 g/mol. The van der Waals surface area contributed by atoms with Crippen LogP contribution in [0.4, 0.5) is 0 Å². The minimum atomic E-state index is -0.429. The number of hydrogen-bond acceptors (Lipinski definition) is 6. The van der Waals surface area contributed by atoms with Gasteiger partial charge in [0.05, 0.1) is 11.6 Å². The number of hydrogen-bond donors (Lipinski definition) is 3. The van der Waals surface area contributed by atoms with Gasteiger partial charge in [-0.05, 0) is 32.1 Å². The van der Waals surface area contributed by atoms with Crippen LogP contribution in [0.1, 0.15) is 17.9 Å². The van der Waals surface area contributed by atoms with Crippen LogP contribution in [0.15, 0.2) is 45.6 Å². The molecule has 1 fully saturated rings. The van der Waals surface area contributed by atoms with Crippen molar-refractivity contribution in [2.45, 2.75) is 18.4 Å². The molecular weight excluding hydrogens is 382 g/mol. The first-order valence-corrected chi connectivity index (χ1v) is 9.38. The highest BCUT2D eigenvalue weighted by atomic mass is 35.5. The van der Waals surface area contributed by atoms with E-state index in [2.05, 4.69) is 0 Å². The van der Waals surface area contributed by atoms with Crippen molar-refractivity contribution in [3.63, 3.8) is 0 Å². The van der Waals surface area contributed by atoms with E-state index >= 15 is 0 Å². The Bertz CT molecular complexity index is 1110. The van der Waals surface area contributed by atoms with Crippen molar-refractivity contribution >= 4 is 22.6 Å². The molecule has 1 aromatic heterocycles. The summed E-state index contributed by atoms with van der Waals surface area (Å²) in [6, 6.07) is 9.19. The van der Waals surface area contributed by atoms with E-state index in [0.717, 1.165) is 12.6 Å². The molecule has 0 radical (unpaired) electrons. The van der Waals surface area contributed by atoms with Gasteiger partial charge in [-0.1, -0.05) is 23.7 Å². The molecule has 2 aromatic carbocycles. The molecule has 1 saturated heterocycles. The average Bonchev–Trinajstić information content (AvgIpc) is 3.01. The van der Waals surface area contributed by atoms with Gasteiger partial charge in [-0.3, -0.25) is 4.79 Å². The smallest absolute Gasteiger partial charge is 0.197 e. The van der Waals surface area contributed by atoms with Gasteiger partial charge in [-0.2, -0.15) is 0 Å². The van der Waals surface area contributed by atoms with Gasteiger partial charge in [-0.25, -0.2) is 0 Å². The van der Waals surface area contributed by atoms with E-state index in [-0.39, 0.29) is 46.8 Å². The number of rotatable bonds is 3. The SMILES string of the molecule is CN1CC[C@@H](c2c(O)cc(O)c3c(=O)cc(-c4ccccc4Cl)oc23)[C@H]1CO. The van der Waals surface area contributed by atoms with E-state index in [4.69, 9.17) is 16.0 Å². The fraction of sp³-hybridized carbons (Fsp3) is 0.286. The van der Waals surface area contributed by atoms with Crippen LogP contribution in [0.2, 0.25) is 5.02 Å². The van der Waals surface area contributed by atoms with E-state index in [0.29, 0.717) is 22.6 Å². The van der Waals surface area contributed by atoms with Crippen molar-refractivity contribution in [3.05, 3.63) is 57.2 Å². The second-order valence-electron chi connectivity index (χ2n) is 7.11. The predicted molar refractivity (Wildman–Crippen MR) is 107 cm³/mol. The Morgan fingerprint density at radius 3 is 2.68 bits per heavy atom. The van der Waals surface area contributed by atoms with Crippen molar-refractivity contribution in [2.24, 2.45) is 0 Å². The summed E-state index contributed by atoms with van der Waals surface area (Å²) < 4.78 is 6.04. The second-order valence-corrected chi connectivity index (χ2v) is 7.52. The number of nitrogens with zero attached hydrogens (tertiary/aromatic N) is 1. The van der Waals surface area contributed by atoms with Gasteiger partial charge in [0.1, 0.15) is 28.2 Å². The van der Waals surface area contributed by atoms with Gasteiger partial charge in [0.15, 0.2) is 5.43 Å². The zero-order valence-corrected chi connectivity index (χ0v) is 16.0.